The molecule has 2 fully saturated rings. The highest BCUT2D eigenvalue weighted by Crippen LogP contribution is 2.21. The van der Waals surface area contributed by atoms with Gasteiger partial charge in [0.15, 0.2) is 0 Å². The molecule has 6 nitrogen and oxygen atoms in total. The molecule has 120 valence electrons. The highest BCUT2D eigenvalue weighted by atomic mass is 19.1. The van der Waals surface area contributed by atoms with Crippen molar-refractivity contribution in [2.75, 3.05) is 26.2 Å². The summed E-state index contributed by atoms with van der Waals surface area (Å²) in [6.45, 7) is 4.33. The molecule has 2 saturated heterocycles. The molecule has 0 radical (unpaired) electrons. The van der Waals surface area contributed by atoms with Crippen LogP contribution in [0.4, 0.5) is 10.1 Å². The molecule has 0 aliphatic carbocycles. The van der Waals surface area contributed by atoms with E-state index in [0.717, 1.165) is 45.1 Å². The Kier molecular flexibility index (Phi) is 4.66. The Morgan fingerprint density at radius 2 is 2.09 bits per heavy atom. The Hall–Kier alpha value is -1.57. The number of nitrogens with one attached hydrogen (secondary N) is 1. The molecule has 2 heterocycles. The summed E-state index contributed by atoms with van der Waals surface area (Å²) < 4.78 is 19.6. The van der Waals surface area contributed by atoms with E-state index in [2.05, 4.69) is 10.2 Å². The molecule has 0 amide bonds. The van der Waals surface area contributed by atoms with Crippen LogP contribution in [-0.4, -0.2) is 48.1 Å². The van der Waals surface area contributed by atoms with Gasteiger partial charge in [-0.25, -0.2) is 4.39 Å². The van der Waals surface area contributed by atoms with Gasteiger partial charge in [0, 0.05) is 43.9 Å². The number of rotatable bonds is 5. The molecule has 0 saturated carbocycles. The van der Waals surface area contributed by atoms with Gasteiger partial charge < -0.3 is 10.1 Å². The van der Waals surface area contributed by atoms with Crippen LogP contribution in [-0.2, 0) is 11.3 Å². The van der Waals surface area contributed by atoms with Crippen LogP contribution < -0.4 is 5.32 Å². The van der Waals surface area contributed by atoms with E-state index in [1.165, 1.54) is 12.1 Å². The summed E-state index contributed by atoms with van der Waals surface area (Å²) in [5.41, 5.74) is 0.139. The van der Waals surface area contributed by atoms with E-state index in [0.29, 0.717) is 11.6 Å². The third kappa shape index (κ3) is 3.43. The fourth-order valence-corrected chi connectivity index (χ4v) is 2.91. The van der Waals surface area contributed by atoms with E-state index < -0.39 is 10.7 Å². The number of hydrogen-bond acceptors (Lipinski definition) is 5. The fourth-order valence-electron chi connectivity index (χ4n) is 2.91. The van der Waals surface area contributed by atoms with Crippen molar-refractivity contribution in [1.29, 1.82) is 0 Å². The SMILES string of the molecule is O=[N+]([O-])c1ccc(COC2CCN(C3CNC3)CC2)c(F)c1. The predicted octanol–water partition coefficient (Wildman–Crippen LogP) is 1.69. The topological polar surface area (TPSA) is 67.6 Å². The lowest BCUT2D eigenvalue weighted by Crippen LogP contribution is -2.59. The number of hydrogen-bond donors (Lipinski definition) is 1. The van der Waals surface area contributed by atoms with E-state index in [1.54, 1.807) is 0 Å². The Labute approximate surface area is 128 Å². The molecule has 0 unspecified atom stereocenters. The third-order valence-electron chi connectivity index (χ3n) is 4.47. The molecule has 1 aromatic rings. The molecule has 2 aliphatic heterocycles. The van der Waals surface area contributed by atoms with Crippen LogP contribution in [0.1, 0.15) is 18.4 Å². The predicted molar refractivity (Wildman–Crippen MR) is 79.1 cm³/mol. The highest BCUT2D eigenvalue weighted by Gasteiger charge is 2.28. The van der Waals surface area contributed by atoms with Crippen LogP contribution in [0.2, 0.25) is 0 Å². The average Bonchev–Trinajstić information content (AvgIpc) is 2.45. The number of piperidine rings is 1. The Bertz CT molecular complexity index is 543. The molecule has 0 aromatic heterocycles. The van der Waals surface area contributed by atoms with Crippen molar-refractivity contribution >= 4 is 5.69 Å². The van der Waals surface area contributed by atoms with Gasteiger partial charge in [0.2, 0.25) is 0 Å². The second-order valence-electron chi connectivity index (χ2n) is 5.89. The van der Waals surface area contributed by atoms with E-state index in [9.17, 15) is 14.5 Å². The molecular formula is C15H20FN3O3. The first-order valence-corrected chi connectivity index (χ1v) is 7.62. The zero-order valence-corrected chi connectivity index (χ0v) is 12.3. The van der Waals surface area contributed by atoms with Gasteiger partial charge in [0.25, 0.3) is 5.69 Å². The largest absolute Gasteiger partial charge is 0.373 e. The van der Waals surface area contributed by atoms with Crippen LogP contribution in [0.3, 0.4) is 0 Å². The summed E-state index contributed by atoms with van der Waals surface area (Å²) in [6, 6.07) is 4.36. The lowest BCUT2D eigenvalue weighted by Gasteiger charge is -2.42. The summed E-state index contributed by atoms with van der Waals surface area (Å²) in [4.78, 5) is 12.5. The zero-order chi connectivity index (χ0) is 15.5. The lowest BCUT2D eigenvalue weighted by atomic mass is 10.0. The number of ether oxygens (including phenoxy) is 1. The van der Waals surface area contributed by atoms with Crippen LogP contribution in [0, 0.1) is 15.9 Å². The Morgan fingerprint density at radius 1 is 1.36 bits per heavy atom. The van der Waals surface area contributed by atoms with Gasteiger partial charge in [-0.3, -0.25) is 15.0 Å². The first-order chi connectivity index (χ1) is 10.6. The van der Waals surface area contributed by atoms with Crippen LogP contribution >= 0.6 is 0 Å². The molecule has 1 N–H and O–H groups in total. The van der Waals surface area contributed by atoms with E-state index in [-0.39, 0.29) is 18.4 Å². The second-order valence-corrected chi connectivity index (χ2v) is 5.89. The zero-order valence-electron chi connectivity index (χ0n) is 12.3. The van der Waals surface area contributed by atoms with Gasteiger partial charge in [-0.15, -0.1) is 0 Å². The molecule has 0 spiro atoms. The third-order valence-corrected chi connectivity index (χ3v) is 4.47. The minimum atomic E-state index is -0.598. The number of benzene rings is 1. The fraction of sp³-hybridized carbons (Fsp3) is 0.600. The van der Waals surface area contributed by atoms with Gasteiger partial charge in [0.1, 0.15) is 5.82 Å². The molecule has 22 heavy (non-hydrogen) atoms. The molecule has 1 aromatic carbocycles. The van der Waals surface area contributed by atoms with Crippen molar-refractivity contribution < 1.29 is 14.1 Å². The maximum absolute atomic E-state index is 13.8. The van der Waals surface area contributed by atoms with Crippen molar-refractivity contribution in [3.05, 3.63) is 39.7 Å². The van der Waals surface area contributed by atoms with E-state index >= 15 is 0 Å². The molecule has 0 bridgehead atoms. The highest BCUT2D eigenvalue weighted by molar-refractivity contribution is 5.33. The van der Waals surface area contributed by atoms with Crippen molar-refractivity contribution in [3.8, 4) is 0 Å². The van der Waals surface area contributed by atoms with Crippen molar-refractivity contribution in [2.45, 2.75) is 31.6 Å². The lowest BCUT2D eigenvalue weighted by molar-refractivity contribution is -0.385. The number of nitrogens with zero attached hydrogens (tertiary/aromatic N) is 2. The molecule has 3 rings (SSSR count). The quantitative estimate of drug-likeness (QED) is 0.662. The number of nitro groups is 1. The number of nitro benzene ring substituents is 1. The van der Waals surface area contributed by atoms with Gasteiger partial charge in [-0.1, -0.05) is 0 Å². The van der Waals surface area contributed by atoms with Gasteiger partial charge >= 0.3 is 0 Å². The number of halogens is 1. The smallest absolute Gasteiger partial charge is 0.272 e. The van der Waals surface area contributed by atoms with Crippen LogP contribution in [0.15, 0.2) is 18.2 Å². The van der Waals surface area contributed by atoms with E-state index in [1.807, 2.05) is 0 Å². The number of non-ortho nitro benzene ring substituents is 1. The number of likely N-dealkylation sites (tertiary alicyclic amines) is 1. The summed E-state index contributed by atoms with van der Waals surface area (Å²) in [5.74, 6) is -0.577. The standard InChI is InChI=1S/C15H20FN3O3/c16-15-7-12(19(20)21)2-1-11(15)10-22-14-3-5-18(6-4-14)13-8-17-9-13/h1-2,7,13-14,17H,3-6,8-10H2. The average molecular weight is 309 g/mol. The molecule has 2 aliphatic rings. The van der Waals surface area contributed by atoms with Gasteiger partial charge in [0.05, 0.1) is 23.7 Å². The van der Waals surface area contributed by atoms with Crippen LogP contribution in [0.25, 0.3) is 0 Å². The van der Waals surface area contributed by atoms with E-state index in [4.69, 9.17) is 4.74 Å². The first kappa shape index (κ1) is 15.3. The van der Waals surface area contributed by atoms with Gasteiger partial charge in [-0.05, 0) is 18.9 Å². The maximum atomic E-state index is 13.8. The molecular weight excluding hydrogens is 289 g/mol. The summed E-state index contributed by atoms with van der Waals surface area (Å²) in [7, 11) is 0. The summed E-state index contributed by atoms with van der Waals surface area (Å²) in [6.07, 6.45) is 2.04. The molecule has 7 heteroatoms. The normalized spacial score (nSPS) is 20.8. The first-order valence-electron chi connectivity index (χ1n) is 7.62. The van der Waals surface area contributed by atoms with Crippen molar-refractivity contribution in [3.63, 3.8) is 0 Å². The second kappa shape index (κ2) is 6.68. The summed E-state index contributed by atoms with van der Waals surface area (Å²) in [5, 5.41) is 13.9. The minimum absolute atomic E-state index is 0.138. The van der Waals surface area contributed by atoms with Crippen molar-refractivity contribution in [1.82, 2.24) is 10.2 Å². The Balaban J connectivity index is 1.47. The Morgan fingerprint density at radius 3 is 2.64 bits per heavy atom. The van der Waals surface area contributed by atoms with Crippen molar-refractivity contribution in [2.24, 2.45) is 0 Å². The monoisotopic (exact) mass is 309 g/mol. The molecule has 0 atom stereocenters. The maximum Gasteiger partial charge on any atom is 0.272 e. The van der Waals surface area contributed by atoms with Gasteiger partial charge in [-0.2, -0.15) is 0 Å². The summed E-state index contributed by atoms with van der Waals surface area (Å²) >= 11 is 0. The van der Waals surface area contributed by atoms with Crippen LogP contribution in [0.5, 0.6) is 0 Å². The minimum Gasteiger partial charge on any atom is -0.373 e.